The molecule has 1 rings (SSSR count). The van der Waals surface area contributed by atoms with Crippen LogP contribution in [0.25, 0.3) is 0 Å². The normalized spacial score (nSPS) is 12.2. The average Bonchev–Trinajstić information content (AvgIpc) is 2.56. The fourth-order valence-electron chi connectivity index (χ4n) is 1.03. The lowest BCUT2D eigenvalue weighted by Gasteiger charge is -2.15. The van der Waals surface area contributed by atoms with Crippen LogP contribution < -0.4 is 5.73 Å². The highest BCUT2D eigenvalue weighted by Gasteiger charge is 2.16. The van der Waals surface area contributed by atoms with Gasteiger partial charge in [-0.3, -0.25) is 0 Å². The van der Waals surface area contributed by atoms with E-state index in [4.69, 9.17) is 5.73 Å². The Morgan fingerprint density at radius 1 is 1.57 bits per heavy atom. The molecule has 80 valence electrons. The van der Waals surface area contributed by atoms with E-state index in [9.17, 15) is 8.42 Å². The smallest absolute Gasteiger partial charge is 0.215 e. The van der Waals surface area contributed by atoms with E-state index in [1.165, 1.54) is 4.31 Å². The van der Waals surface area contributed by atoms with Crippen LogP contribution >= 0.6 is 11.3 Å². The van der Waals surface area contributed by atoms with Crippen molar-refractivity contribution in [3.05, 3.63) is 22.4 Å². The summed E-state index contributed by atoms with van der Waals surface area (Å²) in [6.07, 6.45) is 0. The third-order valence-corrected chi connectivity index (χ3v) is 4.50. The van der Waals surface area contributed by atoms with Gasteiger partial charge in [-0.15, -0.1) is 11.3 Å². The van der Waals surface area contributed by atoms with Crippen LogP contribution in [0.4, 0.5) is 0 Å². The summed E-state index contributed by atoms with van der Waals surface area (Å²) in [5, 5.41) is 1.93. The third-order valence-electron chi connectivity index (χ3n) is 1.81. The second-order valence-corrected chi connectivity index (χ2v) is 6.17. The number of nitrogens with two attached hydrogens (primary N) is 1. The molecule has 4 nitrogen and oxygen atoms in total. The third kappa shape index (κ3) is 3.06. The first-order chi connectivity index (χ1) is 6.56. The maximum absolute atomic E-state index is 11.5. The Hall–Kier alpha value is -0.430. The SMILES string of the molecule is CN(Cc1cccs1)S(=O)(=O)CCN. The van der Waals surface area contributed by atoms with Gasteiger partial charge in [-0.1, -0.05) is 6.07 Å². The van der Waals surface area contributed by atoms with E-state index in [2.05, 4.69) is 0 Å². The molecule has 1 heterocycles. The maximum atomic E-state index is 11.5. The second-order valence-electron chi connectivity index (χ2n) is 2.94. The molecule has 0 atom stereocenters. The van der Waals surface area contributed by atoms with Gasteiger partial charge < -0.3 is 5.73 Å². The van der Waals surface area contributed by atoms with Crippen LogP contribution in [0, 0.1) is 0 Å². The van der Waals surface area contributed by atoms with Crippen LogP contribution in [0.3, 0.4) is 0 Å². The molecule has 0 saturated heterocycles. The summed E-state index contributed by atoms with van der Waals surface area (Å²) in [4.78, 5) is 1.04. The molecule has 0 saturated carbocycles. The quantitative estimate of drug-likeness (QED) is 0.805. The van der Waals surface area contributed by atoms with Gasteiger partial charge in [-0.25, -0.2) is 8.42 Å². The fourth-order valence-corrected chi connectivity index (χ4v) is 2.81. The molecule has 0 aromatic carbocycles. The number of thiophene rings is 1. The molecule has 0 aliphatic carbocycles. The minimum Gasteiger partial charge on any atom is -0.329 e. The first-order valence-electron chi connectivity index (χ1n) is 4.22. The number of hydrogen-bond acceptors (Lipinski definition) is 4. The molecule has 0 aliphatic heterocycles. The zero-order valence-electron chi connectivity index (χ0n) is 8.01. The molecule has 0 unspecified atom stereocenters. The van der Waals surface area contributed by atoms with E-state index >= 15 is 0 Å². The predicted octanol–water partition coefficient (Wildman–Crippen LogP) is 0.468. The van der Waals surface area contributed by atoms with E-state index in [0.717, 1.165) is 4.88 Å². The van der Waals surface area contributed by atoms with Crippen LogP contribution in [0.15, 0.2) is 17.5 Å². The molecule has 1 aromatic rings. The number of hydrogen-bond donors (Lipinski definition) is 1. The summed E-state index contributed by atoms with van der Waals surface area (Å²) in [7, 11) is -1.60. The minimum absolute atomic E-state index is 0.00880. The Labute approximate surface area is 88.4 Å². The summed E-state index contributed by atoms with van der Waals surface area (Å²) >= 11 is 1.55. The molecule has 14 heavy (non-hydrogen) atoms. The van der Waals surface area contributed by atoms with Crippen molar-refractivity contribution in [2.24, 2.45) is 5.73 Å². The van der Waals surface area contributed by atoms with Crippen molar-refractivity contribution in [2.45, 2.75) is 6.54 Å². The lowest BCUT2D eigenvalue weighted by molar-refractivity contribution is 0.470. The van der Waals surface area contributed by atoms with Crippen molar-refractivity contribution in [3.8, 4) is 0 Å². The molecule has 1 aromatic heterocycles. The first-order valence-corrected chi connectivity index (χ1v) is 6.71. The van der Waals surface area contributed by atoms with Crippen molar-refractivity contribution in [1.29, 1.82) is 0 Å². The van der Waals surface area contributed by atoms with Gasteiger partial charge in [-0.2, -0.15) is 4.31 Å². The lowest BCUT2D eigenvalue weighted by atomic mass is 10.5. The van der Waals surface area contributed by atoms with Crippen molar-refractivity contribution in [3.63, 3.8) is 0 Å². The summed E-state index contributed by atoms with van der Waals surface area (Å²) in [5.74, 6) is 0.00880. The minimum atomic E-state index is -3.17. The van der Waals surface area contributed by atoms with Gasteiger partial charge in [0.1, 0.15) is 0 Å². The maximum Gasteiger partial charge on any atom is 0.215 e. The Morgan fingerprint density at radius 3 is 2.79 bits per heavy atom. The Bertz CT molecular complexity index is 359. The van der Waals surface area contributed by atoms with Gasteiger partial charge >= 0.3 is 0 Å². The van der Waals surface area contributed by atoms with E-state index in [1.807, 2.05) is 17.5 Å². The van der Waals surface area contributed by atoms with Crippen molar-refractivity contribution in [2.75, 3.05) is 19.3 Å². The van der Waals surface area contributed by atoms with Crippen LogP contribution in [-0.4, -0.2) is 32.1 Å². The van der Waals surface area contributed by atoms with E-state index in [0.29, 0.717) is 6.54 Å². The first kappa shape index (κ1) is 11.6. The van der Waals surface area contributed by atoms with Crippen LogP contribution in [0.1, 0.15) is 4.88 Å². The fraction of sp³-hybridized carbons (Fsp3) is 0.500. The molecule has 0 fully saturated rings. The molecule has 0 radical (unpaired) electrons. The van der Waals surface area contributed by atoms with Gasteiger partial charge in [-0.05, 0) is 11.4 Å². The molecule has 0 amide bonds. The average molecular weight is 234 g/mol. The van der Waals surface area contributed by atoms with Gasteiger partial charge in [0, 0.05) is 25.0 Å². The van der Waals surface area contributed by atoms with Gasteiger partial charge in [0.25, 0.3) is 0 Å². The van der Waals surface area contributed by atoms with Crippen molar-refractivity contribution >= 4 is 21.4 Å². The largest absolute Gasteiger partial charge is 0.329 e. The molecule has 0 aliphatic rings. The monoisotopic (exact) mass is 234 g/mol. The highest BCUT2D eigenvalue weighted by molar-refractivity contribution is 7.89. The zero-order chi connectivity index (χ0) is 10.6. The van der Waals surface area contributed by atoms with Gasteiger partial charge in [0.05, 0.1) is 5.75 Å². The summed E-state index contributed by atoms with van der Waals surface area (Å²) < 4.78 is 24.4. The van der Waals surface area contributed by atoms with Crippen LogP contribution in [-0.2, 0) is 16.6 Å². The number of sulfonamides is 1. The highest BCUT2D eigenvalue weighted by atomic mass is 32.2. The number of nitrogens with zero attached hydrogens (tertiary/aromatic N) is 1. The summed E-state index contributed by atoms with van der Waals surface area (Å²) in [5.41, 5.74) is 5.22. The predicted molar refractivity (Wildman–Crippen MR) is 58.6 cm³/mol. The molecule has 0 bridgehead atoms. The van der Waals surface area contributed by atoms with Crippen molar-refractivity contribution in [1.82, 2.24) is 4.31 Å². The van der Waals surface area contributed by atoms with E-state index < -0.39 is 10.0 Å². The Balaban J connectivity index is 2.62. The molecule has 6 heteroatoms. The van der Waals surface area contributed by atoms with Gasteiger partial charge in [0.15, 0.2) is 0 Å². The Kier molecular flexibility index (Phi) is 4.06. The van der Waals surface area contributed by atoms with Crippen LogP contribution in [0.5, 0.6) is 0 Å². The Morgan fingerprint density at radius 2 is 2.29 bits per heavy atom. The molecule has 2 N–H and O–H groups in total. The summed E-state index contributed by atoms with van der Waals surface area (Å²) in [6.45, 7) is 0.594. The molecular weight excluding hydrogens is 220 g/mol. The summed E-state index contributed by atoms with van der Waals surface area (Å²) in [6, 6.07) is 3.82. The van der Waals surface area contributed by atoms with Crippen molar-refractivity contribution < 1.29 is 8.42 Å². The zero-order valence-corrected chi connectivity index (χ0v) is 9.64. The molecule has 0 spiro atoms. The van der Waals surface area contributed by atoms with E-state index in [1.54, 1.807) is 18.4 Å². The topological polar surface area (TPSA) is 63.4 Å². The lowest BCUT2D eigenvalue weighted by Crippen LogP contribution is -2.31. The standard InChI is InChI=1S/C8H14N2O2S2/c1-10(14(11,12)6-4-9)7-8-3-2-5-13-8/h2-3,5H,4,6-7,9H2,1H3. The van der Waals surface area contributed by atoms with Crippen LogP contribution in [0.2, 0.25) is 0 Å². The number of rotatable bonds is 5. The second kappa shape index (κ2) is 4.88. The molecular formula is C8H14N2O2S2. The van der Waals surface area contributed by atoms with E-state index in [-0.39, 0.29) is 12.3 Å². The van der Waals surface area contributed by atoms with Gasteiger partial charge in [0.2, 0.25) is 10.0 Å². The highest BCUT2D eigenvalue weighted by Crippen LogP contribution is 2.12.